The fraction of sp³-hybridized carbons (Fsp3) is 0.0833. The Hall–Kier alpha value is -4.02. The van der Waals surface area contributed by atoms with Crippen molar-refractivity contribution in [2.24, 2.45) is 5.10 Å². The first-order chi connectivity index (χ1) is 16.8. The molecular formula is C24H18ClN5O4S. The standard InChI is InChI=1S/C24H18ClN5O4S/c1-15-6-9-17(10-7-15)29-23(32)18-4-2-3-5-20(18)27-24(29)35-14-22(31)28-26-13-16-8-11-19(25)21(12-16)30(33)34/h2-13H,14H2,1H3,(H,28,31)/b26-13-. The van der Waals surface area contributed by atoms with Crippen molar-refractivity contribution in [3.8, 4) is 5.69 Å². The van der Waals surface area contributed by atoms with Crippen LogP contribution in [0.3, 0.4) is 0 Å². The molecule has 1 aromatic heterocycles. The van der Waals surface area contributed by atoms with Gasteiger partial charge < -0.3 is 0 Å². The molecule has 0 spiro atoms. The third-order valence-electron chi connectivity index (χ3n) is 4.94. The topological polar surface area (TPSA) is 119 Å². The molecule has 0 bridgehead atoms. The number of aryl methyl sites for hydroxylation is 1. The number of para-hydroxylation sites is 1. The molecule has 4 aromatic rings. The van der Waals surface area contributed by atoms with Crippen LogP contribution in [0.2, 0.25) is 5.02 Å². The molecule has 1 heterocycles. The Morgan fingerprint density at radius 3 is 2.69 bits per heavy atom. The van der Waals surface area contributed by atoms with Gasteiger partial charge in [-0.2, -0.15) is 5.10 Å². The molecule has 176 valence electrons. The van der Waals surface area contributed by atoms with Gasteiger partial charge in [-0.25, -0.2) is 10.4 Å². The van der Waals surface area contributed by atoms with Crippen LogP contribution in [0, 0.1) is 17.0 Å². The molecule has 11 heteroatoms. The van der Waals surface area contributed by atoms with Crippen LogP contribution in [0.4, 0.5) is 5.69 Å². The first kappa shape index (κ1) is 24.1. The Morgan fingerprint density at radius 1 is 1.20 bits per heavy atom. The number of hydrogen-bond acceptors (Lipinski definition) is 7. The van der Waals surface area contributed by atoms with E-state index in [0.717, 1.165) is 17.3 Å². The maximum Gasteiger partial charge on any atom is 0.288 e. The summed E-state index contributed by atoms with van der Waals surface area (Å²) in [5.41, 5.74) is 4.51. The van der Waals surface area contributed by atoms with Gasteiger partial charge in [0, 0.05) is 11.6 Å². The van der Waals surface area contributed by atoms with Crippen molar-refractivity contribution in [3.63, 3.8) is 0 Å². The summed E-state index contributed by atoms with van der Waals surface area (Å²) in [4.78, 5) is 40.6. The van der Waals surface area contributed by atoms with Gasteiger partial charge >= 0.3 is 0 Å². The average molecular weight is 508 g/mol. The molecule has 35 heavy (non-hydrogen) atoms. The van der Waals surface area contributed by atoms with E-state index in [1.807, 2.05) is 31.2 Å². The molecular weight excluding hydrogens is 490 g/mol. The van der Waals surface area contributed by atoms with Crippen molar-refractivity contribution in [2.45, 2.75) is 12.1 Å². The van der Waals surface area contributed by atoms with Crippen LogP contribution in [0.5, 0.6) is 0 Å². The van der Waals surface area contributed by atoms with Crippen molar-refractivity contribution in [1.29, 1.82) is 0 Å². The molecule has 0 aliphatic rings. The predicted molar refractivity (Wildman–Crippen MR) is 137 cm³/mol. The number of halogens is 1. The van der Waals surface area contributed by atoms with Crippen LogP contribution >= 0.6 is 23.4 Å². The van der Waals surface area contributed by atoms with Gasteiger partial charge in [0.05, 0.1) is 33.5 Å². The van der Waals surface area contributed by atoms with Crippen molar-refractivity contribution in [2.75, 3.05) is 5.75 Å². The van der Waals surface area contributed by atoms with Crippen LogP contribution < -0.4 is 11.0 Å². The highest BCUT2D eigenvalue weighted by atomic mass is 35.5. The summed E-state index contributed by atoms with van der Waals surface area (Å²) in [6.45, 7) is 1.95. The Balaban J connectivity index is 1.53. The highest BCUT2D eigenvalue weighted by Crippen LogP contribution is 2.24. The third kappa shape index (κ3) is 5.56. The molecule has 3 aromatic carbocycles. The average Bonchev–Trinajstić information content (AvgIpc) is 2.84. The first-order valence-electron chi connectivity index (χ1n) is 10.3. The van der Waals surface area contributed by atoms with Crippen molar-refractivity contribution < 1.29 is 9.72 Å². The molecule has 0 saturated carbocycles. The van der Waals surface area contributed by atoms with E-state index < -0.39 is 10.8 Å². The lowest BCUT2D eigenvalue weighted by molar-refractivity contribution is -0.384. The lowest BCUT2D eigenvalue weighted by Gasteiger charge is -2.13. The van der Waals surface area contributed by atoms with Gasteiger partial charge in [0.2, 0.25) is 0 Å². The summed E-state index contributed by atoms with van der Waals surface area (Å²) in [6, 6.07) is 18.7. The number of benzene rings is 3. The van der Waals surface area contributed by atoms with E-state index in [1.54, 1.807) is 30.3 Å². The Bertz CT molecular complexity index is 1520. The number of nitro benzene ring substituents is 1. The summed E-state index contributed by atoms with van der Waals surface area (Å²) in [5.74, 6) is -0.498. The van der Waals surface area contributed by atoms with Gasteiger partial charge in [0.15, 0.2) is 5.16 Å². The minimum Gasteiger partial charge on any atom is -0.272 e. The molecule has 4 rings (SSSR count). The van der Waals surface area contributed by atoms with E-state index in [0.29, 0.717) is 27.3 Å². The lowest BCUT2D eigenvalue weighted by atomic mass is 10.2. The first-order valence-corrected chi connectivity index (χ1v) is 11.7. The molecule has 0 radical (unpaired) electrons. The van der Waals surface area contributed by atoms with Gasteiger partial charge in [0.1, 0.15) is 5.02 Å². The van der Waals surface area contributed by atoms with Crippen LogP contribution in [0.1, 0.15) is 11.1 Å². The molecule has 0 atom stereocenters. The van der Waals surface area contributed by atoms with Gasteiger partial charge in [0.25, 0.3) is 17.2 Å². The number of hydrazone groups is 1. The quantitative estimate of drug-likeness (QED) is 0.129. The molecule has 0 fully saturated rings. The molecule has 1 N–H and O–H groups in total. The Morgan fingerprint density at radius 2 is 1.94 bits per heavy atom. The molecule has 1 amide bonds. The zero-order valence-corrected chi connectivity index (χ0v) is 19.9. The number of nitro groups is 1. The molecule has 9 nitrogen and oxygen atoms in total. The molecule has 0 aliphatic heterocycles. The van der Waals surface area contributed by atoms with Crippen molar-refractivity contribution in [3.05, 3.63) is 103 Å². The van der Waals surface area contributed by atoms with Gasteiger partial charge in [-0.05, 0) is 37.3 Å². The smallest absolute Gasteiger partial charge is 0.272 e. The van der Waals surface area contributed by atoms with Crippen molar-refractivity contribution >= 4 is 52.1 Å². The molecule has 0 saturated heterocycles. The minimum absolute atomic E-state index is 0.00935. The summed E-state index contributed by atoms with van der Waals surface area (Å²) in [7, 11) is 0. The zero-order chi connectivity index (χ0) is 24.9. The highest BCUT2D eigenvalue weighted by Gasteiger charge is 2.15. The zero-order valence-electron chi connectivity index (χ0n) is 18.3. The number of rotatable bonds is 7. The number of hydrogen-bond donors (Lipinski definition) is 1. The number of nitrogens with one attached hydrogen (secondary N) is 1. The summed E-state index contributed by atoms with van der Waals surface area (Å²) >= 11 is 6.90. The van der Waals surface area contributed by atoms with Crippen LogP contribution in [-0.2, 0) is 4.79 Å². The maximum absolute atomic E-state index is 13.2. The summed E-state index contributed by atoms with van der Waals surface area (Å²) in [5, 5.41) is 15.7. The van der Waals surface area contributed by atoms with Crippen molar-refractivity contribution in [1.82, 2.24) is 15.0 Å². The monoisotopic (exact) mass is 507 g/mol. The molecule has 0 aliphatic carbocycles. The summed E-state index contributed by atoms with van der Waals surface area (Å²) in [6.07, 6.45) is 1.28. The van der Waals surface area contributed by atoms with Gasteiger partial charge in [-0.15, -0.1) is 0 Å². The number of thioether (sulfide) groups is 1. The second-order valence-electron chi connectivity index (χ2n) is 7.44. The van der Waals surface area contributed by atoms with Gasteiger partial charge in [-0.3, -0.25) is 24.3 Å². The number of amides is 1. The van der Waals surface area contributed by atoms with Gasteiger partial charge in [-0.1, -0.05) is 59.3 Å². The van der Waals surface area contributed by atoms with E-state index in [2.05, 4.69) is 15.5 Å². The number of aromatic nitrogens is 2. The minimum atomic E-state index is -0.598. The highest BCUT2D eigenvalue weighted by molar-refractivity contribution is 7.99. The Kier molecular flexibility index (Phi) is 7.23. The van der Waals surface area contributed by atoms with E-state index in [-0.39, 0.29) is 22.0 Å². The Labute approximate surface area is 208 Å². The normalized spacial score (nSPS) is 11.1. The second-order valence-corrected chi connectivity index (χ2v) is 8.79. The van der Waals surface area contributed by atoms with E-state index in [9.17, 15) is 19.7 Å². The molecule has 0 unspecified atom stereocenters. The number of carbonyl (C=O) groups excluding carboxylic acids is 1. The third-order valence-corrected chi connectivity index (χ3v) is 6.20. The number of carbonyl (C=O) groups is 1. The van der Waals surface area contributed by atoms with E-state index in [4.69, 9.17) is 11.6 Å². The fourth-order valence-electron chi connectivity index (χ4n) is 3.22. The lowest BCUT2D eigenvalue weighted by Crippen LogP contribution is -2.24. The maximum atomic E-state index is 13.2. The van der Waals surface area contributed by atoms with Crippen LogP contribution in [0.25, 0.3) is 16.6 Å². The number of nitrogens with zero attached hydrogens (tertiary/aromatic N) is 4. The SMILES string of the molecule is Cc1ccc(-n2c(SCC(=O)N/N=C\c3ccc(Cl)c([N+](=O)[O-])c3)nc3ccccc3c2=O)cc1. The van der Waals surface area contributed by atoms with Crippen LogP contribution in [-0.4, -0.2) is 32.3 Å². The summed E-state index contributed by atoms with van der Waals surface area (Å²) < 4.78 is 1.48. The number of fused-ring (bicyclic) bond motifs is 1. The van der Waals surface area contributed by atoms with E-state index >= 15 is 0 Å². The predicted octanol–water partition coefficient (Wildman–Crippen LogP) is 4.50. The van der Waals surface area contributed by atoms with Crippen LogP contribution in [0.15, 0.2) is 81.8 Å². The fourth-order valence-corrected chi connectivity index (χ4v) is 4.21. The second kappa shape index (κ2) is 10.5. The largest absolute Gasteiger partial charge is 0.288 e. The van der Waals surface area contributed by atoms with E-state index in [1.165, 1.54) is 22.9 Å².